The number of hydrogen-bond acceptors (Lipinski definition) is 6. The van der Waals surface area contributed by atoms with Crippen LogP contribution in [0.1, 0.15) is 38.4 Å². The Morgan fingerprint density at radius 1 is 1.48 bits per heavy atom. The molecule has 1 aromatic heterocycles. The van der Waals surface area contributed by atoms with Gasteiger partial charge < -0.3 is 10.1 Å². The quantitative estimate of drug-likeness (QED) is 0.812. The summed E-state index contributed by atoms with van der Waals surface area (Å²) in [5, 5.41) is 5.65. The third-order valence-electron chi connectivity index (χ3n) is 2.29. The van der Waals surface area contributed by atoms with Crippen LogP contribution in [0.2, 0.25) is 0 Å². The van der Waals surface area contributed by atoms with Gasteiger partial charge in [-0.2, -0.15) is 0 Å². The van der Waals surface area contributed by atoms with Crippen molar-refractivity contribution in [2.24, 2.45) is 0 Å². The molecule has 0 radical (unpaired) electrons. The number of ether oxygens (including phenoxy) is 1. The van der Waals surface area contributed by atoms with Gasteiger partial charge in [-0.3, -0.25) is 4.79 Å². The van der Waals surface area contributed by atoms with Crippen LogP contribution >= 0.6 is 23.1 Å². The van der Waals surface area contributed by atoms with E-state index in [1.165, 1.54) is 11.8 Å². The largest absolute Gasteiger partial charge is 0.458 e. The van der Waals surface area contributed by atoms with Crippen molar-refractivity contribution in [3.8, 4) is 0 Å². The van der Waals surface area contributed by atoms with Gasteiger partial charge in [-0.1, -0.05) is 0 Å². The summed E-state index contributed by atoms with van der Waals surface area (Å²) in [6.07, 6.45) is 0. The molecule has 1 aromatic rings. The lowest BCUT2D eigenvalue weighted by Crippen LogP contribution is -2.42. The van der Waals surface area contributed by atoms with Gasteiger partial charge in [0, 0.05) is 11.1 Å². The van der Waals surface area contributed by atoms with E-state index in [9.17, 15) is 9.59 Å². The molecule has 21 heavy (non-hydrogen) atoms. The van der Waals surface area contributed by atoms with E-state index in [4.69, 9.17) is 4.74 Å². The molecule has 1 rings (SSSR count). The summed E-state index contributed by atoms with van der Waals surface area (Å²) >= 11 is 3.07. The molecule has 0 aromatic carbocycles. The first-order valence-corrected chi connectivity index (χ1v) is 8.72. The molecular formula is C14H22N2O3S2. The molecule has 7 heteroatoms. The third-order valence-corrected chi connectivity index (χ3v) is 4.08. The van der Waals surface area contributed by atoms with Gasteiger partial charge in [0.2, 0.25) is 5.91 Å². The number of aromatic nitrogens is 1. The molecular weight excluding hydrogens is 308 g/mol. The maximum absolute atomic E-state index is 11.8. The second-order valence-corrected chi connectivity index (χ2v) is 7.72. The van der Waals surface area contributed by atoms with Crippen LogP contribution in [-0.2, 0) is 20.1 Å². The zero-order valence-electron chi connectivity index (χ0n) is 13.1. The second kappa shape index (κ2) is 7.79. The van der Waals surface area contributed by atoms with E-state index in [1.807, 2.05) is 12.3 Å². The standard InChI is InChI=1S/C14H22N2O3S2/c1-9(13(18)19-14(3,4)5)15-12(17)8-20-6-11-7-21-10(2)16-11/h7,9H,6,8H2,1-5H3,(H,15,17)/t9-/m0/s1. The third kappa shape index (κ3) is 7.47. The monoisotopic (exact) mass is 330 g/mol. The van der Waals surface area contributed by atoms with E-state index in [-0.39, 0.29) is 5.91 Å². The minimum Gasteiger partial charge on any atom is -0.458 e. The fourth-order valence-electron chi connectivity index (χ4n) is 1.46. The van der Waals surface area contributed by atoms with Crippen molar-refractivity contribution < 1.29 is 14.3 Å². The Bertz CT molecular complexity index is 495. The van der Waals surface area contributed by atoms with Crippen LogP contribution < -0.4 is 5.32 Å². The van der Waals surface area contributed by atoms with Crippen molar-refractivity contribution in [1.29, 1.82) is 0 Å². The average molecular weight is 330 g/mol. The minimum atomic E-state index is -0.640. The topological polar surface area (TPSA) is 68.3 Å². The Hall–Kier alpha value is -1.08. The molecule has 0 bridgehead atoms. The van der Waals surface area contributed by atoms with E-state index in [0.29, 0.717) is 11.5 Å². The lowest BCUT2D eigenvalue weighted by molar-refractivity contribution is -0.157. The number of thiazole rings is 1. The molecule has 1 amide bonds. The molecule has 1 N–H and O–H groups in total. The molecule has 1 heterocycles. The fourth-order valence-corrected chi connectivity index (χ4v) is 2.90. The molecule has 0 saturated carbocycles. The number of nitrogens with zero attached hydrogens (tertiary/aromatic N) is 1. The van der Waals surface area contributed by atoms with Gasteiger partial charge in [-0.05, 0) is 34.6 Å². The van der Waals surface area contributed by atoms with Crippen LogP contribution in [0.3, 0.4) is 0 Å². The van der Waals surface area contributed by atoms with Gasteiger partial charge in [0.15, 0.2) is 0 Å². The highest BCUT2D eigenvalue weighted by Crippen LogP contribution is 2.15. The summed E-state index contributed by atoms with van der Waals surface area (Å²) in [6, 6.07) is -0.640. The smallest absolute Gasteiger partial charge is 0.328 e. The van der Waals surface area contributed by atoms with Crippen LogP contribution in [0.25, 0.3) is 0 Å². The Morgan fingerprint density at radius 3 is 2.67 bits per heavy atom. The highest BCUT2D eigenvalue weighted by molar-refractivity contribution is 7.99. The maximum atomic E-state index is 11.8. The molecule has 0 fully saturated rings. The van der Waals surface area contributed by atoms with Crippen molar-refractivity contribution in [1.82, 2.24) is 10.3 Å². The summed E-state index contributed by atoms with van der Waals surface area (Å²) < 4.78 is 5.21. The average Bonchev–Trinajstić information content (AvgIpc) is 2.72. The predicted octanol–water partition coefficient (Wildman–Crippen LogP) is 2.53. The highest BCUT2D eigenvalue weighted by Gasteiger charge is 2.22. The lowest BCUT2D eigenvalue weighted by atomic mass is 10.2. The minimum absolute atomic E-state index is 0.176. The van der Waals surface area contributed by atoms with Gasteiger partial charge >= 0.3 is 5.97 Å². The zero-order valence-corrected chi connectivity index (χ0v) is 14.7. The summed E-state index contributed by atoms with van der Waals surface area (Å²) in [4.78, 5) is 27.8. The molecule has 5 nitrogen and oxygen atoms in total. The first-order valence-electron chi connectivity index (χ1n) is 6.68. The summed E-state index contributed by atoms with van der Waals surface area (Å²) in [5.74, 6) is 0.392. The number of esters is 1. The zero-order chi connectivity index (χ0) is 16.0. The van der Waals surface area contributed by atoms with E-state index >= 15 is 0 Å². The van der Waals surface area contributed by atoms with E-state index in [2.05, 4.69) is 10.3 Å². The van der Waals surface area contributed by atoms with Crippen molar-refractivity contribution >= 4 is 35.0 Å². The number of hydrogen-bond donors (Lipinski definition) is 1. The van der Waals surface area contributed by atoms with Gasteiger partial charge in [-0.25, -0.2) is 9.78 Å². The number of aryl methyl sites for hydroxylation is 1. The fraction of sp³-hybridized carbons (Fsp3) is 0.643. The number of rotatable bonds is 6. The van der Waals surface area contributed by atoms with E-state index in [1.54, 1.807) is 39.0 Å². The summed E-state index contributed by atoms with van der Waals surface area (Å²) in [6.45, 7) is 8.97. The summed E-state index contributed by atoms with van der Waals surface area (Å²) in [7, 11) is 0. The van der Waals surface area contributed by atoms with Crippen molar-refractivity contribution in [2.45, 2.75) is 52.0 Å². The van der Waals surface area contributed by atoms with Crippen LogP contribution in [-0.4, -0.2) is 34.3 Å². The van der Waals surface area contributed by atoms with Crippen LogP contribution in [0.15, 0.2) is 5.38 Å². The number of carbonyl (C=O) groups is 2. The van der Waals surface area contributed by atoms with E-state index < -0.39 is 17.6 Å². The Balaban J connectivity index is 2.28. The van der Waals surface area contributed by atoms with Crippen molar-refractivity contribution in [2.75, 3.05) is 5.75 Å². The Kier molecular flexibility index (Phi) is 6.67. The molecule has 0 aliphatic heterocycles. The van der Waals surface area contributed by atoms with Gasteiger partial charge in [-0.15, -0.1) is 23.1 Å². The predicted molar refractivity (Wildman–Crippen MR) is 86.5 cm³/mol. The van der Waals surface area contributed by atoms with Crippen LogP contribution in [0, 0.1) is 6.92 Å². The maximum Gasteiger partial charge on any atom is 0.328 e. The highest BCUT2D eigenvalue weighted by atomic mass is 32.2. The lowest BCUT2D eigenvalue weighted by Gasteiger charge is -2.22. The molecule has 118 valence electrons. The molecule has 0 aliphatic rings. The number of amides is 1. The number of thioether (sulfide) groups is 1. The van der Waals surface area contributed by atoms with Gasteiger partial charge in [0.1, 0.15) is 11.6 Å². The van der Waals surface area contributed by atoms with Gasteiger partial charge in [0.25, 0.3) is 0 Å². The van der Waals surface area contributed by atoms with Crippen LogP contribution in [0.4, 0.5) is 0 Å². The normalized spacial score (nSPS) is 12.8. The SMILES string of the molecule is Cc1nc(CSCC(=O)N[C@@H](C)C(=O)OC(C)(C)C)cs1. The molecule has 0 spiro atoms. The van der Waals surface area contributed by atoms with Gasteiger partial charge in [0.05, 0.1) is 16.5 Å². The van der Waals surface area contributed by atoms with E-state index in [0.717, 1.165) is 10.7 Å². The first-order chi connectivity index (χ1) is 9.67. The number of carbonyl (C=O) groups excluding carboxylic acids is 2. The van der Waals surface area contributed by atoms with Crippen molar-refractivity contribution in [3.63, 3.8) is 0 Å². The molecule has 0 unspecified atom stereocenters. The Morgan fingerprint density at radius 2 is 2.14 bits per heavy atom. The number of nitrogens with one attached hydrogen (secondary N) is 1. The molecule has 0 aliphatic carbocycles. The first kappa shape index (κ1) is 18.0. The summed E-state index contributed by atoms with van der Waals surface area (Å²) in [5.41, 5.74) is 0.434. The van der Waals surface area contributed by atoms with Crippen molar-refractivity contribution in [3.05, 3.63) is 16.1 Å². The van der Waals surface area contributed by atoms with Crippen LogP contribution in [0.5, 0.6) is 0 Å². The molecule has 0 saturated heterocycles. The second-order valence-electron chi connectivity index (χ2n) is 5.67. The Labute approximate surface area is 133 Å². The molecule has 1 atom stereocenters.